The summed E-state index contributed by atoms with van der Waals surface area (Å²) in [5.41, 5.74) is 6.75. The molecule has 1 heterocycles. The smallest absolute Gasteiger partial charge is 0.350 e. The number of methoxy groups -OCH3 is 1. The highest BCUT2D eigenvalue weighted by Crippen LogP contribution is 2.48. The average Bonchev–Trinajstić information content (AvgIpc) is 3.05. The largest absolute Gasteiger partial charge is 0.486 e. The number of carbonyl (C=O) groups is 1. The van der Waals surface area contributed by atoms with Gasteiger partial charge < -0.3 is 20.5 Å². The van der Waals surface area contributed by atoms with Crippen molar-refractivity contribution in [2.24, 2.45) is 5.41 Å². The van der Waals surface area contributed by atoms with E-state index in [4.69, 9.17) is 15.2 Å². The Balaban J connectivity index is 2.24. The number of esters is 1. The van der Waals surface area contributed by atoms with Gasteiger partial charge in [-0.05, 0) is 32.1 Å². The molecule has 6 heteroatoms. The molecule has 0 atom stereocenters. The first kappa shape index (κ1) is 15.0. The summed E-state index contributed by atoms with van der Waals surface area (Å²) in [4.78, 5) is 12.1. The second-order valence-electron chi connectivity index (χ2n) is 5.83. The Morgan fingerprint density at radius 1 is 1.50 bits per heavy atom. The van der Waals surface area contributed by atoms with Crippen molar-refractivity contribution < 1.29 is 14.3 Å². The van der Waals surface area contributed by atoms with Crippen molar-refractivity contribution in [3.8, 4) is 5.75 Å². The molecule has 0 spiro atoms. The number of nitrogens with two attached hydrogens (primary N) is 1. The number of nitrogen functional groups attached to an aromatic ring is 1. The zero-order valence-corrected chi connectivity index (χ0v) is 13.2. The number of carbonyl (C=O) groups excluding carboxylic acids is 1. The summed E-state index contributed by atoms with van der Waals surface area (Å²) in [7, 11) is 1.35. The first-order chi connectivity index (χ1) is 9.36. The number of hydrogen-bond donors (Lipinski definition) is 2. The van der Waals surface area contributed by atoms with Gasteiger partial charge in [0.25, 0.3) is 0 Å². The van der Waals surface area contributed by atoms with Gasteiger partial charge in [-0.2, -0.15) is 0 Å². The lowest BCUT2D eigenvalue weighted by Crippen LogP contribution is -2.13. The number of hydrogen-bond acceptors (Lipinski definition) is 6. The van der Waals surface area contributed by atoms with Crippen molar-refractivity contribution in [1.82, 2.24) is 0 Å². The summed E-state index contributed by atoms with van der Waals surface area (Å²) in [5, 5.41) is 4.18. The molecule has 0 aliphatic heterocycles. The fraction of sp³-hybridized carbons (Fsp3) is 0.643. The molecule has 0 unspecified atom stereocenters. The van der Waals surface area contributed by atoms with Crippen molar-refractivity contribution >= 4 is 28.0 Å². The molecule has 0 radical (unpaired) electrons. The van der Waals surface area contributed by atoms with Gasteiger partial charge in [0, 0.05) is 6.54 Å². The van der Waals surface area contributed by atoms with E-state index in [1.54, 1.807) is 0 Å². The van der Waals surface area contributed by atoms with Crippen LogP contribution in [0.1, 0.15) is 43.3 Å². The predicted molar refractivity (Wildman–Crippen MR) is 81.7 cm³/mol. The summed E-state index contributed by atoms with van der Waals surface area (Å²) in [5.74, 6) is 0.140. The third-order valence-corrected chi connectivity index (χ3v) is 4.53. The van der Waals surface area contributed by atoms with Crippen LogP contribution in [-0.2, 0) is 4.74 Å². The van der Waals surface area contributed by atoms with Gasteiger partial charge in [-0.15, -0.1) is 11.3 Å². The van der Waals surface area contributed by atoms with E-state index in [0.29, 0.717) is 21.7 Å². The SMILES string of the molecule is COC(=O)c1sc(NCC2(C)CC2)c(OC(C)C)c1N. The molecule has 0 saturated heterocycles. The minimum absolute atomic E-state index is 0.00513. The van der Waals surface area contributed by atoms with Gasteiger partial charge in [0.15, 0.2) is 5.75 Å². The molecule has 1 aliphatic rings. The Bertz CT molecular complexity index is 507. The molecule has 20 heavy (non-hydrogen) atoms. The van der Waals surface area contributed by atoms with Crippen molar-refractivity contribution in [3.63, 3.8) is 0 Å². The van der Waals surface area contributed by atoms with Gasteiger partial charge in [0.2, 0.25) is 0 Å². The second kappa shape index (κ2) is 5.52. The standard InChI is InChI=1S/C14H22N2O3S/c1-8(2)19-10-9(15)11(13(17)18-4)20-12(10)16-7-14(3)5-6-14/h8,16H,5-7,15H2,1-4H3. The molecule has 1 aliphatic carbocycles. The van der Waals surface area contributed by atoms with E-state index in [9.17, 15) is 4.79 Å². The lowest BCUT2D eigenvalue weighted by molar-refractivity contribution is 0.0607. The molecule has 1 aromatic rings. The van der Waals surface area contributed by atoms with Crippen LogP contribution in [0, 0.1) is 5.41 Å². The fourth-order valence-corrected chi connectivity index (χ4v) is 2.79. The Kier molecular flexibility index (Phi) is 4.13. The van der Waals surface area contributed by atoms with Crippen LogP contribution >= 0.6 is 11.3 Å². The normalized spacial score (nSPS) is 16.1. The first-order valence-corrected chi connectivity index (χ1v) is 7.59. The number of rotatable bonds is 6. The maximum absolute atomic E-state index is 11.7. The zero-order valence-electron chi connectivity index (χ0n) is 12.4. The van der Waals surface area contributed by atoms with E-state index in [0.717, 1.165) is 11.5 Å². The Hall–Kier alpha value is -1.43. The number of ether oxygens (including phenoxy) is 2. The van der Waals surface area contributed by atoms with E-state index in [1.807, 2.05) is 13.8 Å². The fourth-order valence-electron chi connectivity index (χ4n) is 1.83. The van der Waals surface area contributed by atoms with Crippen LogP contribution in [0.15, 0.2) is 0 Å². The van der Waals surface area contributed by atoms with Gasteiger partial charge in [-0.3, -0.25) is 0 Å². The third kappa shape index (κ3) is 3.17. The minimum Gasteiger partial charge on any atom is -0.486 e. The zero-order chi connectivity index (χ0) is 14.9. The molecule has 0 amide bonds. The highest BCUT2D eigenvalue weighted by atomic mass is 32.1. The van der Waals surface area contributed by atoms with Crippen molar-refractivity contribution in [2.75, 3.05) is 24.7 Å². The van der Waals surface area contributed by atoms with Crippen LogP contribution in [0.2, 0.25) is 0 Å². The van der Waals surface area contributed by atoms with Gasteiger partial charge in [0.1, 0.15) is 15.6 Å². The van der Waals surface area contributed by atoms with Gasteiger partial charge >= 0.3 is 5.97 Å². The summed E-state index contributed by atoms with van der Waals surface area (Å²) in [6.45, 7) is 6.96. The molecular formula is C14H22N2O3S. The van der Waals surface area contributed by atoms with Gasteiger partial charge in [-0.1, -0.05) is 6.92 Å². The second-order valence-corrected chi connectivity index (χ2v) is 6.85. The van der Waals surface area contributed by atoms with Crippen LogP contribution in [0.3, 0.4) is 0 Å². The predicted octanol–water partition coefficient (Wildman–Crippen LogP) is 3.12. The molecular weight excluding hydrogens is 276 g/mol. The minimum atomic E-state index is -0.424. The topological polar surface area (TPSA) is 73.6 Å². The van der Waals surface area contributed by atoms with Crippen molar-refractivity contribution in [1.29, 1.82) is 0 Å². The van der Waals surface area contributed by atoms with Crippen LogP contribution in [0.4, 0.5) is 10.7 Å². The third-order valence-electron chi connectivity index (χ3n) is 3.40. The molecule has 0 bridgehead atoms. The molecule has 2 rings (SSSR count). The van der Waals surface area contributed by atoms with E-state index in [1.165, 1.54) is 31.3 Å². The van der Waals surface area contributed by atoms with Crippen molar-refractivity contribution in [2.45, 2.75) is 39.7 Å². The molecule has 0 aromatic carbocycles. The maximum atomic E-state index is 11.7. The van der Waals surface area contributed by atoms with Crippen LogP contribution in [0.25, 0.3) is 0 Å². The highest BCUT2D eigenvalue weighted by molar-refractivity contribution is 7.19. The molecule has 1 fully saturated rings. The number of thiophene rings is 1. The summed E-state index contributed by atoms with van der Waals surface area (Å²) >= 11 is 1.29. The van der Waals surface area contributed by atoms with Crippen LogP contribution < -0.4 is 15.8 Å². The average molecular weight is 298 g/mol. The van der Waals surface area contributed by atoms with Gasteiger partial charge in [0.05, 0.1) is 13.2 Å². The molecule has 5 nitrogen and oxygen atoms in total. The maximum Gasteiger partial charge on any atom is 0.350 e. The molecule has 3 N–H and O–H groups in total. The van der Waals surface area contributed by atoms with E-state index in [2.05, 4.69) is 12.2 Å². The van der Waals surface area contributed by atoms with E-state index >= 15 is 0 Å². The number of nitrogens with one attached hydrogen (secondary N) is 1. The lowest BCUT2D eigenvalue weighted by Gasteiger charge is -2.14. The summed E-state index contributed by atoms with van der Waals surface area (Å²) in [6, 6.07) is 0. The van der Waals surface area contributed by atoms with E-state index < -0.39 is 5.97 Å². The van der Waals surface area contributed by atoms with Crippen LogP contribution in [0.5, 0.6) is 5.75 Å². The van der Waals surface area contributed by atoms with Gasteiger partial charge in [-0.25, -0.2) is 4.79 Å². The molecule has 1 aromatic heterocycles. The van der Waals surface area contributed by atoms with Crippen molar-refractivity contribution in [3.05, 3.63) is 4.88 Å². The summed E-state index contributed by atoms with van der Waals surface area (Å²) in [6.07, 6.45) is 2.45. The van der Waals surface area contributed by atoms with E-state index in [-0.39, 0.29) is 6.10 Å². The monoisotopic (exact) mass is 298 g/mol. The molecule has 112 valence electrons. The Morgan fingerprint density at radius 3 is 2.65 bits per heavy atom. The Morgan fingerprint density at radius 2 is 2.15 bits per heavy atom. The Labute approximate surface area is 123 Å². The highest BCUT2D eigenvalue weighted by Gasteiger charge is 2.37. The quantitative estimate of drug-likeness (QED) is 0.789. The number of anilines is 2. The molecule has 1 saturated carbocycles. The lowest BCUT2D eigenvalue weighted by atomic mass is 10.1. The summed E-state index contributed by atoms with van der Waals surface area (Å²) < 4.78 is 10.5. The first-order valence-electron chi connectivity index (χ1n) is 6.77. The van der Waals surface area contributed by atoms with Crippen LogP contribution in [-0.4, -0.2) is 25.7 Å².